The summed E-state index contributed by atoms with van der Waals surface area (Å²) in [5.41, 5.74) is -3.15. The lowest BCUT2D eigenvalue weighted by Crippen LogP contribution is -2.66. The third-order valence-corrected chi connectivity index (χ3v) is 7.54. The zero-order valence-corrected chi connectivity index (χ0v) is 21.1. The van der Waals surface area contributed by atoms with Gasteiger partial charge in [-0.1, -0.05) is 38.1 Å². The van der Waals surface area contributed by atoms with Gasteiger partial charge in [0.25, 0.3) is 0 Å². The number of hydrogen-bond acceptors (Lipinski definition) is 5. The van der Waals surface area contributed by atoms with Gasteiger partial charge >= 0.3 is 5.51 Å². The van der Waals surface area contributed by atoms with Gasteiger partial charge in [0.15, 0.2) is 0 Å². The van der Waals surface area contributed by atoms with E-state index in [1.165, 1.54) is 12.1 Å². The Morgan fingerprint density at radius 2 is 1.72 bits per heavy atom. The molecule has 6 nitrogen and oxygen atoms in total. The molecule has 194 valence electrons. The zero-order valence-electron chi connectivity index (χ0n) is 20.3. The molecule has 0 radical (unpaired) electrons. The molecule has 4 rings (SSSR count). The first-order chi connectivity index (χ1) is 17.0. The highest BCUT2D eigenvalue weighted by Crippen LogP contribution is 2.42. The average molecular weight is 522 g/mol. The number of halogens is 3. The number of carbonyl (C=O) groups excluding carboxylic acids is 2. The van der Waals surface area contributed by atoms with Crippen LogP contribution in [-0.2, 0) is 15.0 Å². The number of benzene rings is 2. The fraction of sp³-hybridized carbons (Fsp3) is 0.462. The molecule has 36 heavy (non-hydrogen) atoms. The number of methoxy groups -OCH3 is 1. The molecule has 2 aliphatic rings. The predicted molar refractivity (Wildman–Crippen MR) is 131 cm³/mol. The maximum absolute atomic E-state index is 13.3. The number of ether oxygens (including phenoxy) is 1. The molecule has 2 aromatic carbocycles. The van der Waals surface area contributed by atoms with Crippen molar-refractivity contribution in [1.29, 1.82) is 0 Å². The number of carbonyl (C=O) groups is 2. The summed E-state index contributed by atoms with van der Waals surface area (Å²) in [6.45, 7) is 3.97. The van der Waals surface area contributed by atoms with Crippen LogP contribution in [0.15, 0.2) is 53.4 Å². The zero-order chi connectivity index (χ0) is 26.1. The summed E-state index contributed by atoms with van der Waals surface area (Å²) < 4.78 is 43.2. The van der Waals surface area contributed by atoms with Gasteiger partial charge in [-0.3, -0.25) is 14.9 Å². The van der Waals surface area contributed by atoms with E-state index in [4.69, 9.17) is 4.74 Å². The number of thioether (sulfide) groups is 1. The molecule has 2 amide bonds. The van der Waals surface area contributed by atoms with E-state index >= 15 is 0 Å². The lowest BCUT2D eigenvalue weighted by Gasteiger charge is -2.41. The maximum atomic E-state index is 13.3. The molecule has 10 heteroatoms. The van der Waals surface area contributed by atoms with Gasteiger partial charge < -0.3 is 15.4 Å². The summed E-state index contributed by atoms with van der Waals surface area (Å²) in [5, 5.41) is 9.31. The fourth-order valence-electron chi connectivity index (χ4n) is 4.49. The summed E-state index contributed by atoms with van der Waals surface area (Å²) in [5.74, 6) is 0.422. The van der Waals surface area contributed by atoms with Crippen molar-refractivity contribution in [2.45, 2.75) is 67.2 Å². The Bertz CT molecular complexity index is 1090. The fourth-order valence-corrected chi connectivity index (χ4v) is 5.02. The van der Waals surface area contributed by atoms with E-state index in [-0.39, 0.29) is 46.9 Å². The highest BCUT2D eigenvalue weighted by molar-refractivity contribution is 8.00. The van der Waals surface area contributed by atoms with E-state index in [0.29, 0.717) is 0 Å². The van der Waals surface area contributed by atoms with E-state index in [2.05, 4.69) is 16.0 Å². The van der Waals surface area contributed by atoms with Crippen molar-refractivity contribution in [2.24, 2.45) is 5.92 Å². The van der Waals surface area contributed by atoms with Gasteiger partial charge in [-0.2, -0.15) is 13.2 Å². The summed E-state index contributed by atoms with van der Waals surface area (Å²) in [6.07, 6.45) is 1.37. The lowest BCUT2D eigenvalue weighted by atomic mass is 9.80. The quantitative estimate of drug-likeness (QED) is 0.441. The molecule has 1 heterocycles. The van der Waals surface area contributed by atoms with Crippen LogP contribution in [0.25, 0.3) is 0 Å². The van der Waals surface area contributed by atoms with E-state index in [1.54, 1.807) is 19.2 Å². The summed E-state index contributed by atoms with van der Waals surface area (Å²) in [7, 11) is 1.59. The van der Waals surface area contributed by atoms with Gasteiger partial charge in [0.1, 0.15) is 5.75 Å². The number of alkyl halides is 3. The largest absolute Gasteiger partial charge is 0.497 e. The topological polar surface area (TPSA) is 79.5 Å². The first kappa shape index (κ1) is 26.3. The van der Waals surface area contributed by atoms with Crippen molar-refractivity contribution in [3.8, 4) is 5.75 Å². The van der Waals surface area contributed by atoms with Crippen LogP contribution in [0.1, 0.15) is 50.3 Å². The van der Waals surface area contributed by atoms with Crippen molar-refractivity contribution in [2.75, 3.05) is 7.11 Å². The van der Waals surface area contributed by atoms with E-state index < -0.39 is 23.1 Å². The van der Waals surface area contributed by atoms with E-state index in [0.717, 1.165) is 29.7 Å². The Kier molecular flexibility index (Phi) is 7.56. The van der Waals surface area contributed by atoms with Gasteiger partial charge in [-0.05, 0) is 65.9 Å². The number of amides is 2. The smallest absolute Gasteiger partial charge is 0.446 e. The van der Waals surface area contributed by atoms with Crippen LogP contribution in [0.4, 0.5) is 13.2 Å². The second kappa shape index (κ2) is 10.3. The van der Waals surface area contributed by atoms with E-state index in [1.807, 2.05) is 38.1 Å². The SMILES string of the molecule is COc1ccc(C(C)(C)C2NC(=O)CC(C(=O)N[C@@H](c3ccc(SC(F)(F)F)cc3)C3CC3)N2)cc1. The molecule has 1 saturated heterocycles. The van der Waals surface area contributed by atoms with Crippen molar-refractivity contribution in [3.63, 3.8) is 0 Å². The normalized spacial score (nSPS) is 21.4. The number of rotatable bonds is 8. The number of hydrogen-bond donors (Lipinski definition) is 3. The summed E-state index contributed by atoms with van der Waals surface area (Å²) in [6, 6.07) is 12.6. The summed E-state index contributed by atoms with van der Waals surface area (Å²) >= 11 is -0.164. The first-order valence-electron chi connectivity index (χ1n) is 11.8. The van der Waals surface area contributed by atoms with Crippen LogP contribution >= 0.6 is 11.8 Å². The predicted octanol–water partition coefficient (Wildman–Crippen LogP) is 4.66. The Morgan fingerprint density at radius 1 is 1.08 bits per heavy atom. The second-order valence-corrected chi connectivity index (χ2v) is 11.0. The Labute approximate surface area is 212 Å². The number of nitrogens with one attached hydrogen (secondary N) is 3. The highest BCUT2D eigenvalue weighted by Gasteiger charge is 2.41. The van der Waals surface area contributed by atoms with Crippen molar-refractivity contribution in [1.82, 2.24) is 16.0 Å². The van der Waals surface area contributed by atoms with Crippen LogP contribution < -0.4 is 20.7 Å². The van der Waals surface area contributed by atoms with Gasteiger partial charge in [0.05, 0.1) is 31.8 Å². The van der Waals surface area contributed by atoms with Gasteiger partial charge in [0.2, 0.25) is 11.8 Å². The second-order valence-electron chi connectivity index (χ2n) is 9.81. The summed E-state index contributed by atoms with van der Waals surface area (Å²) in [4.78, 5) is 26.0. The standard InChI is InChI=1S/C26H30F3N3O3S/c1-25(2,17-8-10-18(35-3)11-9-17)24-30-20(14-21(33)31-24)23(34)32-22(15-4-5-15)16-6-12-19(13-7-16)36-26(27,28)29/h6-13,15,20,22,24,30H,4-5,14H2,1-3H3,(H,31,33)(H,32,34)/t20?,22-,24?/m1/s1. The van der Waals surface area contributed by atoms with Crippen molar-refractivity contribution < 1.29 is 27.5 Å². The molecule has 1 saturated carbocycles. The van der Waals surface area contributed by atoms with Crippen molar-refractivity contribution in [3.05, 3.63) is 59.7 Å². The molecule has 0 aromatic heterocycles. The highest BCUT2D eigenvalue weighted by atomic mass is 32.2. The molecule has 2 aromatic rings. The molecule has 1 aliphatic heterocycles. The molecule has 2 fully saturated rings. The minimum atomic E-state index is -4.35. The van der Waals surface area contributed by atoms with Gasteiger partial charge in [-0.15, -0.1) is 0 Å². The van der Waals surface area contributed by atoms with Crippen LogP contribution in [0.5, 0.6) is 5.75 Å². The Morgan fingerprint density at radius 3 is 2.28 bits per heavy atom. The van der Waals surface area contributed by atoms with Gasteiger partial charge in [-0.25, -0.2) is 0 Å². The molecule has 0 spiro atoms. The maximum Gasteiger partial charge on any atom is 0.446 e. The Hall–Kier alpha value is -2.72. The lowest BCUT2D eigenvalue weighted by molar-refractivity contribution is -0.133. The molecule has 2 unspecified atom stereocenters. The van der Waals surface area contributed by atoms with E-state index in [9.17, 15) is 22.8 Å². The molecule has 0 bridgehead atoms. The minimum absolute atomic E-state index is 0.000424. The molecule has 1 aliphatic carbocycles. The molecular formula is C26H30F3N3O3S. The molecular weight excluding hydrogens is 491 g/mol. The van der Waals surface area contributed by atoms with Crippen LogP contribution in [0.3, 0.4) is 0 Å². The minimum Gasteiger partial charge on any atom is -0.497 e. The van der Waals surface area contributed by atoms with Gasteiger partial charge in [0, 0.05) is 10.3 Å². The van der Waals surface area contributed by atoms with Crippen LogP contribution in [0.2, 0.25) is 0 Å². The molecule has 3 atom stereocenters. The van der Waals surface area contributed by atoms with Crippen molar-refractivity contribution >= 4 is 23.6 Å². The third-order valence-electron chi connectivity index (χ3n) is 6.80. The average Bonchev–Trinajstić information content (AvgIpc) is 3.67. The van der Waals surface area contributed by atoms with Crippen LogP contribution in [0, 0.1) is 5.92 Å². The third kappa shape index (κ3) is 6.34. The first-order valence-corrected chi connectivity index (χ1v) is 12.6. The van der Waals surface area contributed by atoms with Crippen LogP contribution in [-0.4, -0.2) is 36.6 Å². The molecule has 3 N–H and O–H groups in total. The monoisotopic (exact) mass is 521 g/mol. The Balaban J connectivity index is 1.46.